The number of sulfonamides is 1. The Kier molecular flexibility index (Phi) is 4.48. The summed E-state index contributed by atoms with van der Waals surface area (Å²) in [6.07, 6.45) is 2.38. The van der Waals surface area contributed by atoms with E-state index in [4.69, 9.17) is 0 Å². The molecule has 0 radical (unpaired) electrons. The molecule has 0 saturated carbocycles. The molecule has 6 nitrogen and oxygen atoms in total. The van der Waals surface area contributed by atoms with E-state index in [1.165, 1.54) is 6.20 Å². The molecule has 23 heavy (non-hydrogen) atoms. The summed E-state index contributed by atoms with van der Waals surface area (Å²) in [5.74, 6) is 0.0435. The highest BCUT2D eigenvalue weighted by molar-refractivity contribution is 7.92. The molecular weight excluding hydrogens is 312 g/mol. The van der Waals surface area contributed by atoms with Crippen LogP contribution in [0.1, 0.15) is 38.8 Å². The van der Waals surface area contributed by atoms with E-state index in [2.05, 4.69) is 9.82 Å². The van der Waals surface area contributed by atoms with Crippen LogP contribution < -0.4 is 4.72 Å². The summed E-state index contributed by atoms with van der Waals surface area (Å²) in [6.45, 7) is 7.76. The summed E-state index contributed by atoms with van der Waals surface area (Å²) < 4.78 is 28.9. The molecule has 0 atom stereocenters. The molecule has 0 aliphatic rings. The van der Waals surface area contributed by atoms with E-state index in [0.717, 1.165) is 12.0 Å². The van der Waals surface area contributed by atoms with Crippen molar-refractivity contribution in [1.29, 1.82) is 5.26 Å². The molecule has 0 amide bonds. The van der Waals surface area contributed by atoms with Crippen LogP contribution >= 0.6 is 0 Å². The first-order chi connectivity index (χ1) is 10.7. The van der Waals surface area contributed by atoms with E-state index in [1.807, 2.05) is 33.8 Å². The zero-order chi connectivity index (χ0) is 17.3. The van der Waals surface area contributed by atoms with Crippen molar-refractivity contribution in [2.45, 2.75) is 44.6 Å². The number of hydrogen-bond acceptors (Lipinski definition) is 4. The highest BCUT2D eigenvalue weighted by atomic mass is 32.2. The van der Waals surface area contributed by atoms with E-state index in [-0.39, 0.29) is 21.8 Å². The largest absolute Gasteiger partial charge is 0.264 e. The smallest absolute Gasteiger partial charge is 0.263 e. The topological polar surface area (TPSA) is 87.8 Å². The lowest BCUT2D eigenvalue weighted by Gasteiger charge is -2.18. The minimum atomic E-state index is -3.78. The van der Waals surface area contributed by atoms with Crippen LogP contribution in [0, 0.1) is 11.3 Å². The van der Waals surface area contributed by atoms with Crippen molar-refractivity contribution >= 4 is 15.8 Å². The number of hydrogen-bond donors (Lipinski definition) is 1. The van der Waals surface area contributed by atoms with Crippen molar-refractivity contribution in [3.05, 3.63) is 41.6 Å². The average molecular weight is 332 g/mol. The van der Waals surface area contributed by atoms with Gasteiger partial charge in [0, 0.05) is 6.20 Å². The van der Waals surface area contributed by atoms with Gasteiger partial charge in [-0.1, -0.05) is 19.1 Å². The molecule has 1 heterocycles. The molecule has 7 heteroatoms. The average Bonchev–Trinajstić information content (AvgIpc) is 2.89. The van der Waals surface area contributed by atoms with Gasteiger partial charge in [-0.3, -0.25) is 9.40 Å². The zero-order valence-corrected chi connectivity index (χ0v) is 14.5. The lowest BCUT2D eigenvalue weighted by molar-refractivity contribution is 0.356. The SMILES string of the molecule is CCc1ccc(S(=O)(=O)Nc2nn(C(C)(C)C)cc2C#N)cc1. The molecule has 0 aliphatic heterocycles. The molecule has 1 N–H and O–H groups in total. The summed E-state index contributed by atoms with van der Waals surface area (Å²) in [5.41, 5.74) is 0.894. The molecule has 0 fully saturated rings. The van der Waals surface area contributed by atoms with Crippen molar-refractivity contribution in [2.75, 3.05) is 4.72 Å². The molecule has 2 rings (SSSR count). The summed E-state index contributed by atoms with van der Waals surface area (Å²) in [6, 6.07) is 8.61. The Hall–Kier alpha value is -2.33. The van der Waals surface area contributed by atoms with Crippen molar-refractivity contribution in [2.24, 2.45) is 0 Å². The van der Waals surface area contributed by atoms with Gasteiger partial charge >= 0.3 is 0 Å². The van der Waals surface area contributed by atoms with Crippen LogP contribution in [0.15, 0.2) is 35.4 Å². The predicted octanol–water partition coefficient (Wildman–Crippen LogP) is 2.87. The third kappa shape index (κ3) is 3.71. The van der Waals surface area contributed by atoms with Crippen molar-refractivity contribution in [3.8, 4) is 6.07 Å². The van der Waals surface area contributed by atoms with Crippen molar-refractivity contribution < 1.29 is 8.42 Å². The maximum atomic E-state index is 12.5. The minimum absolute atomic E-state index is 0.0435. The third-order valence-electron chi connectivity index (χ3n) is 3.39. The normalized spacial score (nSPS) is 12.0. The Labute approximate surface area is 136 Å². The minimum Gasteiger partial charge on any atom is -0.264 e. The molecule has 2 aromatic rings. The van der Waals surface area contributed by atoms with Crippen LogP contribution in [-0.4, -0.2) is 18.2 Å². The van der Waals surface area contributed by atoms with Crippen LogP contribution in [0.25, 0.3) is 0 Å². The lowest BCUT2D eigenvalue weighted by Crippen LogP contribution is -2.22. The van der Waals surface area contributed by atoms with Crippen LogP contribution in [0.4, 0.5) is 5.82 Å². The fourth-order valence-corrected chi connectivity index (χ4v) is 2.98. The van der Waals surface area contributed by atoms with Gasteiger partial charge in [-0.15, -0.1) is 0 Å². The van der Waals surface area contributed by atoms with E-state index in [1.54, 1.807) is 28.9 Å². The van der Waals surface area contributed by atoms with E-state index in [9.17, 15) is 13.7 Å². The molecule has 0 bridgehead atoms. The molecule has 0 aliphatic carbocycles. The number of aryl methyl sites for hydroxylation is 1. The molecule has 1 aromatic heterocycles. The van der Waals surface area contributed by atoms with E-state index >= 15 is 0 Å². The van der Waals surface area contributed by atoms with Gasteiger partial charge in [-0.2, -0.15) is 10.4 Å². The van der Waals surface area contributed by atoms with Crippen molar-refractivity contribution in [1.82, 2.24) is 9.78 Å². The Balaban J connectivity index is 2.37. The number of benzene rings is 1. The molecule has 122 valence electrons. The summed E-state index contributed by atoms with van der Waals surface area (Å²) in [7, 11) is -3.78. The van der Waals surface area contributed by atoms with Gasteiger partial charge in [0.1, 0.15) is 11.6 Å². The fourth-order valence-electron chi connectivity index (χ4n) is 1.97. The summed E-state index contributed by atoms with van der Waals surface area (Å²) >= 11 is 0. The Morgan fingerprint density at radius 1 is 1.26 bits per heavy atom. The van der Waals surface area contributed by atoms with Gasteiger partial charge < -0.3 is 0 Å². The van der Waals surface area contributed by atoms with Crippen molar-refractivity contribution in [3.63, 3.8) is 0 Å². The summed E-state index contributed by atoms with van der Waals surface area (Å²) in [5, 5.41) is 13.4. The quantitative estimate of drug-likeness (QED) is 0.932. The number of aromatic nitrogens is 2. The fraction of sp³-hybridized carbons (Fsp3) is 0.375. The van der Waals surface area contributed by atoms with Gasteiger partial charge in [0.15, 0.2) is 5.82 Å². The lowest BCUT2D eigenvalue weighted by atomic mass is 10.1. The molecule has 0 spiro atoms. The first kappa shape index (κ1) is 17.0. The number of anilines is 1. The molecular formula is C16H20N4O2S. The standard InChI is InChI=1S/C16H20N4O2S/c1-5-12-6-8-14(9-7-12)23(21,22)19-15-13(10-17)11-20(18-15)16(2,3)4/h6-9,11H,5H2,1-4H3,(H,18,19). The Morgan fingerprint density at radius 3 is 2.35 bits per heavy atom. The Morgan fingerprint density at radius 2 is 1.87 bits per heavy atom. The molecule has 0 unspecified atom stereocenters. The second kappa shape index (κ2) is 6.05. The number of nitrogens with one attached hydrogen (secondary N) is 1. The molecule has 0 saturated heterocycles. The van der Waals surface area contributed by atoms with Gasteiger partial charge in [0.05, 0.1) is 10.4 Å². The first-order valence-corrected chi connectivity index (χ1v) is 8.77. The predicted molar refractivity (Wildman–Crippen MR) is 88.6 cm³/mol. The first-order valence-electron chi connectivity index (χ1n) is 7.29. The molecule has 1 aromatic carbocycles. The van der Waals surface area contributed by atoms with Gasteiger partial charge in [0.2, 0.25) is 0 Å². The Bertz CT molecular complexity index is 838. The van der Waals surface area contributed by atoms with E-state index in [0.29, 0.717) is 0 Å². The number of nitriles is 1. The van der Waals surface area contributed by atoms with Crippen LogP contribution in [0.3, 0.4) is 0 Å². The number of rotatable bonds is 4. The third-order valence-corrected chi connectivity index (χ3v) is 4.75. The van der Waals surface area contributed by atoms with Crippen LogP contribution in [0.2, 0.25) is 0 Å². The van der Waals surface area contributed by atoms with Crippen LogP contribution in [-0.2, 0) is 22.0 Å². The highest BCUT2D eigenvalue weighted by Gasteiger charge is 2.22. The van der Waals surface area contributed by atoms with Crippen LogP contribution in [0.5, 0.6) is 0 Å². The van der Waals surface area contributed by atoms with Gasteiger partial charge in [-0.25, -0.2) is 8.42 Å². The van der Waals surface area contributed by atoms with Gasteiger partial charge in [-0.05, 0) is 44.9 Å². The zero-order valence-electron chi connectivity index (χ0n) is 13.7. The highest BCUT2D eigenvalue weighted by Crippen LogP contribution is 2.22. The maximum absolute atomic E-state index is 12.5. The second-order valence-electron chi connectivity index (χ2n) is 6.22. The maximum Gasteiger partial charge on any atom is 0.263 e. The van der Waals surface area contributed by atoms with Gasteiger partial charge in [0.25, 0.3) is 10.0 Å². The summed E-state index contributed by atoms with van der Waals surface area (Å²) in [4.78, 5) is 0.142. The van der Waals surface area contributed by atoms with E-state index < -0.39 is 10.0 Å². The monoisotopic (exact) mass is 332 g/mol. The second-order valence-corrected chi connectivity index (χ2v) is 7.90. The number of nitrogens with zero attached hydrogens (tertiary/aromatic N) is 3.